The molecule has 3 rings (SSSR count). The number of anilines is 1. The Morgan fingerprint density at radius 1 is 1.16 bits per heavy atom. The summed E-state index contributed by atoms with van der Waals surface area (Å²) in [5, 5.41) is 2.80. The van der Waals surface area contributed by atoms with Crippen molar-refractivity contribution in [2.45, 2.75) is 52.8 Å². The van der Waals surface area contributed by atoms with Crippen molar-refractivity contribution in [2.24, 2.45) is 0 Å². The van der Waals surface area contributed by atoms with E-state index in [9.17, 15) is 14.2 Å². The predicted octanol–water partition coefficient (Wildman–Crippen LogP) is 3.15. The minimum atomic E-state index is -3.83. The van der Waals surface area contributed by atoms with Gasteiger partial charge in [0.2, 0.25) is 0 Å². The molecule has 13 nitrogen and oxygen atoms in total. The second-order valence-electron chi connectivity index (χ2n) is 9.11. The second kappa shape index (κ2) is 12.3. The molecule has 0 fully saturated rings. The molecule has 38 heavy (non-hydrogen) atoms. The Hall–Kier alpha value is -3.54. The zero-order chi connectivity index (χ0) is 27.9. The number of nitrogens with zero attached hydrogens (tertiary/aromatic N) is 4. The van der Waals surface area contributed by atoms with Crippen LogP contribution < -0.4 is 15.3 Å². The molecule has 1 aromatic carbocycles. The lowest BCUT2D eigenvalue weighted by molar-refractivity contribution is -0.153. The lowest BCUT2D eigenvalue weighted by atomic mass is 10.1. The number of nitrogens with two attached hydrogens (primary N) is 1. The summed E-state index contributed by atoms with van der Waals surface area (Å²) in [7, 11) is -3.83. The number of fused-ring (bicyclic) bond motifs is 1. The maximum Gasteiger partial charge on any atom is 0.342 e. The molecule has 1 atom stereocenters. The molecular weight excluding hydrogens is 515 g/mol. The van der Waals surface area contributed by atoms with Crippen LogP contribution in [-0.4, -0.2) is 62.7 Å². The summed E-state index contributed by atoms with van der Waals surface area (Å²) in [5.74, 6) is -0.615. The second-order valence-corrected chi connectivity index (χ2v) is 11.1. The van der Waals surface area contributed by atoms with E-state index in [0.29, 0.717) is 23.3 Å². The fraction of sp³-hybridized carbons (Fsp3) is 0.458. The topological polar surface area (TPSA) is 170 Å². The molecule has 0 bridgehead atoms. The van der Waals surface area contributed by atoms with Gasteiger partial charge in [-0.15, -0.1) is 0 Å². The smallest absolute Gasteiger partial charge is 0.342 e. The number of carbonyl (C=O) groups is 2. The molecule has 0 saturated carbocycles. The molecule has 0 saturated heterocycles. The number of ether oxygens (including phenoxy) is 3. The van der Waals surface area contributed by atoms with Gasteiger partial charge in [0.05, 0.1) is 31.2 Å². The van der Waals surface area contributed by atoms with Crippen molar-refractivity contribution >= 4 is 36.4 Å². The standard InChI is InChI=1S/C24H33N6O7P/c1-6-35-22(31)17-7-9-18(10-8-17)37-38(33,29-24(4,5)23(32)36-16(2)3)15-34-12-11-30-14-28-19-20(25)26-13-27-21(19)30/h7-10,13-14,16H,6,11-12,15H2,1-5H3,(H,29,33)(H2,25,26,27). The molecule has 3 N–H and O–H groups in total. The molecule has 0 amide bonds. The van der Waals surface area contributed by atoms with Gasteiger partial charge in [0.15, 0.2) is 11.5 Å². The first-order valence-corrected chi connectivity index (χ1v) is 13.8. The van der Waals surface area contributed by atoms with Crippen molar-refractivity contribution in [1.82, 2.24) is 24.6 Å². The fourth-order valence-corrected chi connectivity index (χ4v) is 5.30. The van der Waals surface area contributed by atoms with Crippen molar-refractivity contribution in [3.05, 3.63) is 42.5 Å². The minimum Gasteiger partial charge on any atom is -0.462 e. The van der Waals surface area contributed by atoms with Crippen LogP contribution in [0, 0.1) is 0 Å². The Labute approximate surface area is 220 Å². The number of hydrogen-bond acceptors (Lipinski definition) is 11. The summed E-state index contributed by atoms with van der Waals surface area (Å²) in [4.78, 5) is 36.9. The largest absolute Gasteiger partial charge is 0.462 e. The summed E-state index contributed by atoms with van der Waals surface area (Å²) < 4.78 is 37.5. The van der Waals surface area contributed by atoms with E-state index in [2.05, 4.69) is 20.0 Å². The lowest BCUT2D eigenvalue weighted by Gasteiger charge is -2.30. The van der Waals surface area contributed by atoms with Gasteiger partial charge >= 0.3 is 19.5 Å². The summed E-state index contributed by atoms with van der Waals surface area (Å²) in [6.07, 6.45) is 2.17. The number of carbonyl (C=O) groups excluding carboxylic acids is 2. The molecule has 0 aliphatic rings. The average Bonchev–Trinajstić information content (AvgIpc) is 3.26. The Balaban J connectivity index is 1.73. The first kappa shape index (κ1) is 29.0. The summed E-state index contributed by atoms with van der Waals surface area (Å²) in [6.45, 7) is 8.93. The van der Waals surface area contributed by atoms with Gasteiger partial charge in [-0.05, 0) is 58.9 Å². The number of rotatable bonds is 13. The van der Waals surface area contributed by atoms with E-state index >= 15 is 0 Å². The van der Waals surface area contributed by atoms with Crippen molar-refractivity contribution in [3.63, 3.8) is 0 Å². The Bertz CT molecular complexity index is 1310. The van der Waals surface area contributed by atoms with Gasteiger partial charge in [0.25, 0.3) is 0 Å². The minimum absolute atomic E-state index is 0.128. The molecule has 0 radical (unpaired) electrons. The van der Waals surface area contributed by atoms with E-state index in [4.69, 9.17) is 24.5 Å². The molecule has 0 spiro atoms. The Morgan fingerprint density at radius 2 is 1.87 bits per heavy atom. The van der Waals surface area contributed by atoms with E-state index in [1.165, 1.54) is 30.6 Å². The van der Waals surface area contributed by atoms with Gasteiger partial charge in [-0.3, -0.25) is 9.36 Å². The number of esters is 2. The van der Waals surface area contributed by atoms with Gasteiger partial charge in [-0.1, -0.05) is 0 Å². The van der Waals surface area contributed by atoms with Crippen LogP contribution >= 0.6 is 7.52 Å². The van der Waals surface area contributed by atoms with Crippen molar-refractivity contribution in [2.75, 3.05) is 25.3 Å². The van der Waals surface area contributed by atoms with Crippen LogP contribution in [0.3, 0.4) is 0 Å². The zero-order valence-electron chi connectivity index (χ0n) is 22.0. The van der Waals surface area contributed by atoms with Crippen LogP contribution in [0.15, 0.2) is 36.9 Å². The Kier molecular flexibility index (Phi) is 9.42. The van der Waals surface area contributed by atoms with E-state index in [1.807, 2.05) is 0 Å². The molecule has 3 aromatic rings. The molecule has 1 unspecified atom stereocenters. The number of benzene rings is 1. The number of nitrogens with one attached hydrogen (secondary N) is 1. The molecule has 2 heterocycles. The van der Waals surface area contributed by atoms with E-state index in [1.54, 1.807) is 45.5 Å². The van der Waals surface area contributed by atoms with Gasteiger partial charge in [-0.25, -0.2) is 24.8 Å². The van der Waals surface area contributed by atoms with Gasteiger partial charge in [0, 0.05) is 6.54 Å². The summed E-state index contributed by atoms with van der Waals surface area (Å²) in [5.41, 5.74) is 5.80. The van der Waals surface area contributed by atoms with Gasteiger partial charge < -0.3 is 29.0 Å². The average molecular weight is 549 g/mol. The maximum absolute atomic E-state index is 13.9. The highest BCUT2D eigenvalue weighted by molar-refractivity contribution is 7.57. The highest BCUT2D eigenvalue weighted by Crippen LogP contribution is 2.45. The van der Waals surface area contributed by atoms with Crippen LogP contribution in [0.4, 0.5) is 5.82 Å². The van der Waals surface area contributed by atoms with Crippen molar-refractivity contribution in [1.29, 1.82) is 0 Å². The molecule has 2 aromatic heterocycles. The van der Waals surface area contributed by atoms with E-state index in [0.717, 1.165) is 0 Å². The monoisotopic (exact) mass is 548 g/mol. The van der Waals surface area contributed by atoms with E-state index < -0.39 is 25.0 Å². The molecular formula is C24H33N6O7P. The first-order chi connectivity index (χ1) is 17.9. The predicted molar refractivity (Wildman–Crippen MR) is 140 cm³/mol. The van der Waals surface area contributed by atoms with E-state index in [-0.39, 0.29) is 37.2 Å². The van der Waals surface area contributed by atoms with Gasteiger partial charge in [-0.2, -0.15) is 0 Å². The number of aromatic nitrogens is 4. The summed E-state index contributed by atoms with van der Waals surface area (Å²) in [6, 6.07) is 5.96. The molecule has 206 valence electrons. The van der Waals surface area contributed by atoms with Crippen LogP contribution in [0.1, 0.15) is 45.0 Å². The highest BCUT2D eigenvalue weighted by atomic mass is 31.2. The third-order valence-electron chi connectivity index (χ3n) is 5.09. The summed E-state index contributed by atoms with van der Waals surface area (Å²) >= 11 is 0. The quantitative estimate of drug-likeness (QED) is 0.182. The molecule has 0 aliphatic carbocycles. The fourth-order valence-electron chi connectivity index (χ4n) is 3.36. The van der Waals surface area contributed by atoms with Crippen molar-refractivity contribution < 1.29 is 32.9 Å². The third kappa shape index (κ3) is 7.50. The van der Waals surface area contributed by atoms with Crippen LogP contribution in [-0.2, 0) is 30.1 Å². The normalized spacial score (nSPS) is 13.3. The number of imidazole rings is 1. The van der Waals surface area contributed by atoms with Crippen LogP contribution in [0.2, 0.25) is 0 Å². The molecule has 14 heteroatoms. The number of nitrogen functional groups attached to an aromatic ring is 1. The molecule has 0 aliphatic heterocycles. The Morgan fingerprint density at radius 3 is 2.53 bits per heavy atom. The van der Waals surface area contributed by atoms with Crippen LogP contribution in [0.5, 0.6) is 5.75 Å². The van der Waals surface area contributed by atoms with Gasteiger partial charge in [0.1, 0.15) is 29.5 Å². The van der Waals surface area contributed by atoms with Crippen LogP contribution in [0.25, 0.3) is 11.2 Å². The zero-order valence-corrected chi connectivity index (χ0v) is 22.9. The SMILES string of the molecule is CCOC(=O)c1ccc(OP(=O)(COCCn2cnc3c(N)ncnc32)NC(C)(C)C(=O)OC(C)C)cc1. The van der Waals surface area contributed by atoms with Crippen molar-refractivity contribution in [3.8, 4) is 5.75 Å². The number of hydrogen-bond donors (Lipinski definition) is 2. The highest BCUT2D eigenvalue weighted by Gasteiger charge is 2.39. The lowest BCUT2D eigenvalue weighted by Crippen LogP contribution is -2.48. The maximum atomic E-state index is 13.9. The third-order valence-corrected chi connectivity index (χ3v) is 7.02. The first-order valence-electron chi connectivity index (χ1n) is 12.0.